The Morgan fingerprint density at radius 3 is 1.90 bits per heavy atom. The summed E-state index contributed by atoms with van der Waals surface area (Å²) in [6.45, 7) is 8.61. The lowest BCUT2D eigenvalue weighted by atomic mass is 10.0. The molecule has 0 aliphatic carbocycles. The average molecular weight is 424 g/mol. The zero-order chi connectivity index (χ0) is 20.5. The van der Waals surface area contributed by atoms with Crippen LogP contribution >= 0.6 is 0 Å². The molecular weight excluding hydrogens is 382 g/mol. The van der Waals surface area contributed by atoms with Crippen molar-refractivity contribution in [3.8, 4) is 5.88 Å². The van der Waals surface area contributed by atoms with Crippen LogP contribution in [-0.2, 0) is 11.3 Å². The molecule has 0 saturated heterocycles. The number of nitrogens with zero attached hydrogens (tertiary/aromatic N) is 1. The number of rotatable bonds is 17. The number of aromatic nitrogens is 1. The van der Waals surface area contributed by atoms with E-state index >= 15 is 0 Å². The van der Waals surface area contributed by atoms with Gasteiger partial charge in [0, 0.05) is 18.6 Å². The molecule has 0 aliphatic rings. The molecule has 1 heterocycles. The van der Waals surface area contributed by atoms with Crippen LogP contribution in [-0.4, -0.2) is 5.97 Å². The zero-order valence-corrected chi connectivity index (χ0v) is 19.5. The molecule has 0 N–H and O–H groups in total. The second-order valence-corrected chi connectivity index (χ2v) is 7.91. The molecule has 0 saturated carbocycles. The number of carbonyl (C=O) groups excluding carboxylic acids is 1. The molecule has 1 aromatic heterocycles. The molecule has 0 radical (unpaired) electrons. The summed E-state index contributed by atoms with van der Waals surface area (Å²) in [5.41, 5.74) is 0.975. The summed E-state index contributed by atoms with van der Waals surface area (Å²) in [4.78, 5) is 11.5. The van der Waals surface area contributed by atoms with E-state index in [1.807, 2.05) is 29.8 Å². The molecule has 4 heteroatoms. The summed E-state index contributed by atoms with van der Waals surface area (Å²) in [7, 11) is 0. The maximum atomic E-state index is 11.5. The van der Waals surface area contributed by atoms with Crippen LogP contribution in [0.5, 0.6) is 5.88 Å². The van der Waals surface area contributed by atoms with Gasteiger partial charge in [-0.1, -0.05) is 90.6 Å². The van der Waals surface area contributed by atoms with Gasteiger partial charge in [-0.2, -0.15) is 4.57 Å². The monoisotopic (exact) mass is 423 g/mol. The predicted octanol–water partition coefficient (Wildman–Crippen LogP) is 3.86. The van der Waals surface area contributed by atoms with Gasteiger partial charge in [0.05, 0.1) is 5.56 Å². The smallest absolute Gasteiger partial charge is 0.378 e. The fourth-order valence-corrected chi connectivity index (χ4v) is 3.59. The summed E-state index contributed by atoms with van der Waals surface area (Å²) < 4.78 is 7.44. The molecule has 0 aliphatic heterocycles. The highest BCUT2D eigenvalue weighted by Gasteiger charge is 2.17. The Morgan fingerprint density at radius 1 is 0.931 bits per heavy atom. The fourth-order valence-electron chi connectivity index (χ4n) is 3.59. The van der Waals surface area contributed by atoms with Gasteiger partial charge in [-0.25, -0.2) is 4.79 Å². The molecule has 1 rings (SSSR count). The minimum absolute atomic E-state index is 0. The number of aryl methyl sites for hydroxylation is 2. The molecule has 0 atom stereocenters. The Hall–Kier alpha value is -1.35. The maximum absolute atomic E-state index is 11.5. The second-order valence-electron chi connectivity index (χ2n) is 7.91. The summed E-state index contributed by atoms with van der Waals surface area (Å²) in [5, 5.41) is 0. The van der Waals surface area contributed by atoms with Gasteiger partial charge < -0.3 is 17.1 Å². The Morgan fingerprint density at radius 2 is 1.41 bits per heavy atom. The van der Waals surface area contributed by atoms with Crippen LogP contribution in [0.4, 0.5) is 0 Å². The first kappa shape index (κ1) is 27.6. The molecule has 0 amide bonds. The lowest BCUT2D eigenvalue weighted by Gasteiger charge is -2.06. The first-order valence-corrected chi connectivity index (χ1v) is 11.5. The third-order valence-corrected chi connectivity index (χ3v) is 5.33. The topological polar surface area (TPSA) is 30.2 Å². The van der Waals surface area contributed by atoms with Gasteiger partial charge in [-0.05, 0) is 19.4 Å². The zero-order valence-electron chi connectivity index (χ0n) is 18.8. The van der Waals surface area contributed by atoms with Gasteiger partial charge in [-0.15, -0.1) is 0 Å². The van der Waals surface area contributed by atoms with Crippen molar-refractivity contribution in [2.75, 3.05) is 0 Å². The minimum Gasteiger partial charge on any atom is -1.00 e. The lowest BCUT2D eigenvalue weighted by molar-refractivity contribution is -0.701. The van der Waals surface area contributed by atoms with Gasteiger partial charge in [0.2, 0.25) is 0 Å². The number of carbonyl (C=O) groups is 1. The molecule has 1 aromatic rings. The largest absolute Gasteiger partial charge is 1.00 e. The van der Waals surface area contributed by atoms with Crippen molar-refractivity contribution >= 4 is 5.97 Å². The summed E-state index contributed by atoms with van der Waals surface area (Å²) in [6.07, 6.45) is 22.2. The number of esters is 1. The third kappa shape index (κ3) is 13.5. The number of unbranched alkanes of at least 4 members (excludes halogenated alkanes) is 13. The normalized spacial score (nSPS) is 10.4. The van der Waals surface area contributed by atoms with Gasteiger partial charge in [0.15, 0.2) is 12.7 Å². The summed E-state index contributed by atoms with van der Waals surface area (Å²) in [6, 6.07) is 3.97. The summed E-state index contributed by atoms with van der Waals surface area (Å²) in [5.74, 6) is 0.242. The third-order valence-electron chi connectivity index (χ3n) is 5.33. The van der Waals surface area contributed by atoms with Crippen molar-refractivity contribution in [3.05, 3.63) is 36.5 Å². The summed E-state index contributed by atoms with van der Waals surface area (Å²) >= 11 is 0. The first-order chi connectivity index (χ1) is 13.7. The van der Waals surface area contributed by atoms with Crippen molar-refractivity contribution in [2.24, 2.45) is 0 Å². The number of hydrogen-bond acceptors (Lipinski definition) is 2. The van der Waals surface area contributed by atoms with E-state index < -0.39 is 5.97 Å². The van der Waals surface area contributed by atoms with Crippen LogP contribution in [0.25, 0.3) is 0 Å². The highest BCUT2D eigenvalue weighted by molar-refractivity contribution is 5.83. The Labute approximate surface area is 185 Å². The number of pyridine rings is 1. The van der Waals surface area contributed by atoms with Crippen molar-refractivity contribution in [3.63, 3.8) is 0 Å². The van der Waals surface area contributed by atoms with Gasteiger partial charge in [-0.3, -0.25) is 0 Å². The number of halogens is 1. The fraction of sp³-hybridized carbons (Fsp3) is 0.680. The molecule has 29 heavy (non-hydrogen) atoms. The minimum atomic E-state index is -0.399. The van der Waals surface area contributed by atoms with Crippen LogP contribution in [0, 0.1) is 6.92 Å². The SMILES string of the molecule is C=CC(=O)Oc1c(C)ccc[n+]1CCCCCCCCCCCCCCCC.[Cl-]. The molecule has 0 spiro atoms. The lowest BCUT2D eigenvalue weighted by Crippen LogP contribution is -3.00. The van der Waals surface area contributed by atoms with Crippen LogP contribution in [0.2, 0.25) is 0 Å². The van der Waals surface area contributed by atoms with Crippen molar-refractivity contribution in [2.45, 2.75) is 110 Å². The van der Waals surface area contributed by atoms with E-state index in [4.69, 9.17) is 4.74 Å². The van der Waals surface area contributed by atoms with Crippen LogP contribution < -0.4 is 21.7 Å². The van der Waals surface area contributed by atoms with E-state index in [1.165, 1.54) is 89.5 Å². The average Bonchev–Trinajstić information content (AvgIpc) is 2.70. The first-order valence-electron chi connectivity index (χ1n) is 11.5. The molecule has 0 aromatic carbocycles. The predicted molar refractivity (Wildman–Crippen MR) is 118 cm³/mol. The van der Waals surface area contributed by atoms with Crippen molar-refractivity contribution in [1.29, 1.82) is 0 Å². The van der Waals surface area contributed by atoms with E-state index in [0.29, 0.717) is 5.88 Å². The maximum Gasteiger partial charge on any atom is 0.378 e. The Bertz CT molecular complexity index is 560. The van der Waals surface area contributed by atoms with Crippen molar-refractivity contribution < 1.29 is 26.5 Å². The molecular formula is C25H42ClNO2. The van der Waals surface area contributed by atoms with Gasteiger partial charge in [0.25, 0.3) is 0 Å². The van der Waals surface area contributed by atoms with Crippen LogP contribution in [0.3, 0.4) is 0 Å². The number of ether oxygens (including phenoxy) is 1. The van der Waals surface area contributed by atoms with Crippen LogP contribution in [0.1, 0.15) is 102 Å². The van der Waals surface area contributed by atoms with Gasteiger partial charge >= 0.3 is 11.8 Å². The molecule has 0 unspecified atom stereocenters. The Balaban J connectivity index is 0.00000784. The molecule has 166 valence electrons. The standard InChI is InChI=1S/C25H42NO2.ClH/c1-4-6-7-8-9-10-11-12-13-14-15-16-17-18-21-26-22-19-20-23(3)25(26)28-24(27)5-2;/h5,19-20,22H,2,4,6-18,21H2,1,3H3;1H/q+1;/p-1. The number of hydrogen-bond donors (Lipinski definition) is 0. The van der Waals surface area contributed by atoms with Crippen LogP contribution in [0.15, 0.2) is 31.0 Å². The van der Waals surface area contributed by atoms with E-state index in [9.17, 15) is 4.79 Å². The molecule has 3 nitrogen and oxygen atoms in total. The van der Waals surface area contributed by atoms with E-state index in [1.54, 1.807) is 0 Å². The second kappa shape index (κ2) is 18.7. The van der Waals surface area contributed by atoms with Crippen molar-refractivity contribution in [1.82, 2.24) is 0 Å². The molecule has 0 bridgehead atoms. The Kier molecular flexibility index (Phi) is 17.8. The van der Waals surface area contributed by atoms with E-state index in [2.05, 4.69) is 13.5 Å². The van der Waals surface area contributed by atoms with E-state index in [0.717, 1.165) is 18.5 Å². The van der Waals surface area contributed by atoms with Gasteiger partial charge in [0.1, 0.15) is 0 Å². The quantitative estimate of drug-likeness (QED) is 0.165. The van der Waals surface area contributed by atoms with E-state index in [-0.39, 0.29) is 12.4 Å². The highest BCUT2D eigenvalue weighted by atomic mass is 35.5. The molecule has 0 fully saturated rings. The highest BCUT2D eigenvalue weighted by Crippen LogP contribution is 2.14.